The van der Waals surface area contributed by atoms with Gasteiger partial charge in [0.15, 0.2) is 0 Å². The lowest BCUT2D eigenvalue weighted by Gasteiger charge is -2.20. The number of hydrogen-bond acceptors (Lipinski definition) is 3. The summed E-state index contributed by atoms with van der Waals surface area (Å²) in [7, 11) is 0. The molecule has 0 fully saturated rings. The van der Waals surface area contributed by atoms with Crippen LogP contribution in [0, 0.1) is 5.92 Å². The molecule has 0 bridgehead atoms. The Kier molecular flexibility index (Phi) is 4.76. The third kappa shape index (κ3) is 3.88. The van der Waals surface area contributed by atoms with E-state index in [0.717, 1.165) is 17.9 Å². The van der Waals surface area contributed by atoms with Crippen LogP contribution >= 0.6 is 0 Å². The molecule has 16 heavy (non-hydrogen) atoms. The molecule has 1 rings (SSSR count). The fourth-order valence-electron chi connectivity index (χ4n) is 1.65. The van der Waals surface area contributed by atoms with Gasteiger partial charge in [-0.2, -0.15) is 5.06 Å². The molecule has 1 aliphatic rings. The van der Waals surface area contributed by atoms with Gasteiger partial charge in [0.2, 0.25) is 0 Å². The highest BCUT2D eigenvalue weighted by atomic mass is 16.7. The summed E-state index contributed by atoms with van der Waals surface area (Å²) in [5, 5.41) is 1.07. The normalized spacial score (nSPS) is 18.2. The number of carbonyl (C=O) groups excluding carboxylic acids is 2. The van der Waals surface area contributed by atoms with Crippen LogP contribution in [0.4, 0.5) is 0 Å². The molecule has 0 saturated heterocycles. The van der Waals surface area contributed by atoms with Gasteiger partial charge >= 0.3 is 5.97 Å². The molecule has 0 aromatic heterocycles. The highest BCUT2D eigenvalue weighted by molar-refractivity contribution is 5.78. The van der Waals surface area contributed by atoms with Gasteiger partial charge in [-0.25, -0.2) is 0 Å². The predicted molar refractivity (Wildman–Crippen MR) is 60.2 cm³/mol. The quantitative estimate of drug-likeness (QED) is 0.539. The van der Waals surface area contributed by atoms with E-state index in [1.807, 2.05) is 6.08 Å². The van der Waals surface area contributed by atoms with Crippen molar-refractivity contribution in [2.45, 2.75) is 26.2 Å². The van der Waals surface area contributed by atoms with E-state index in [4.69, 9.17) is 4.84 Å². The number of allylic oxidation sites excluding steroid dienone is 2. The minimum atomic E-state index is -0.489. The topological polar surface area (TPSA) is 46.6 Å². The van der Waals surface area contributed by atoms with Gasteiger partial charge in [-0.15, -0.1) is 6.58 Å². The van der Waals surface area contributed by atoms with Crippen molar-refractivity contribution in [1.29, 1.82) is 0 Å². The maximum Gasteiger partial charge on any atom is 0.329 e. The summed E-state index contributed by atoms with van der Waals surface area (Å²) in [5.41, 5.74) is 0. The Morgan fingerprint density at radius 1 is 1.62 bits per heavy atom. The molecule has 0 N–H and O–H groups in total. The first-order chi connectivity index (χ1) is 7.63. The Balaban J connectivity index is 2.48. The zero-order valence-electron chi connectivity index (χ0n) is 9.52. The van der Waals surface area contributed by atoms with Gasteiger partial charge in [0.25, 0.3) is 5.91 Å². The third-order valence-electron chi connectivity index (χ3n) is 2.36. The molecule has 0 aliphatic heterocycles. The number of rotatable bonds is 4. The van der Waals surface area contributed by atoms with Gasteiger partial charge in [0.1, 0.15) is 0 Å². The molecule has 0 radical (unpaired) electrons. The van der Waals surface area contributed by atoms with Crippen molar-refractivity contribution in [3.63, 3.8) is 0 Å². The number of hydrogen-bond donors (Lipinski definition) is 0. The molecule has 0 heterocycles. The molecule has 4 heteroatoms. The lowest BCUT2D eigenvalue weighted by Crippen LogP contribution is -2.33. The lowest BCUT2D eigenvalue weighted by molar-refractivity contribution is -0.194. The fraction of sp³-hybridized carbons (Fsp3) is 0.500. The number of amides is 1. The molecule has 1 unspecified atom stereocenters. The van der Waals surface area contributed by atoms with E-state index in [0.29, 0.717) is 6.42 Å². The lowest BCUT2D eigenvalue weighted by atomic mass is 10.1. The largest absolute Gasteiger partial charge is 0.338 e. The van der Waals surface area contributed by atoms with Crippen molar-refractivity contribution in [2.24, 2.45) is 5.92 Å². The Bertz CT molecular complexity index is 309. The molecular weight excluding hydrogens is 206 g/mol. The van der Waals surface area contributed by atoms with Crippen molar-refractivity contribution in [3.8, 4) is 0 Å². The molecule has 1 atom stereocenters. The minimum absolute atomic E-state index is 0.174. The molecule has 0 aromatic rings. The number of nitrogens with zero attached hydrogens (tertiary/aromatic N) is 1. The average molecular weight is 223 g/mol. The van der Waals surface area contributed by atoms with E-state index in [2.05, 4.69) is 12.7 Å². The van der Waals surface area contributed by atoms with Crippen LogP contribution < -0.4 is 0 Å². The summed E-state index contributed by atoms with van der Waals surface area (Å²) in [4.78, 5) is 27.4. The molecule has 1 amide bonds. The Morgan fingerprint density at radius 3 is 2.88 bits per heavy atom. The van der Waals surface area contributed by atoms with Crippen molar-refractivity contribution in [3.05, 3.63) is 24.8 Å². The maximum atomic E-state index is 11.8. The summed E-state index contributed by atoms with van der Waals surface area (Å²) in [5.74, 6) is -0.390. The van der Waals surface area contributed by atoms with Crippen LogP contribution in [0.25, 0.3) is 0 Å². The Hall–Kier alpha value is -1.58. The van der Waals surface area contributed by atoms with E-state index < -0.39 is 5.97 Å². The van der Waals surface area contributed by atoms with E-state index in [1.54, 1.807) is 0 Å². The van der Waals surface area contributed by atoms with Gasteiger partial charge in [0, 0.05) is 13.3 Å². The van der Waals surface area contributed by atoms with Gasteiger partial charge in [-0.05, 0) is 18.8 Å². The zero-order valence-corrected chi connectivity index (χ0v) is 9.52. The first-order valence-electron chi connectivity index (χ1n) is 5.40. The van der Waals surface area contributed by atoms with Crippen LogP contribution in [-0.2, 0) is 14.4 Å². The van der Waals surface area contributed by atoms with Crippen molar-refractivity contribution >= 4 is 11.9 Å². The SMILES string of the molecule is C=CCN(OC(C)=O)C(=O)CC1C=CCC1. The molecule has 1 aliphatic carbocycles. The fourth-order valence-corrected chi connectivity index (χ4v) is 1.65. The van der Waals surface area contributed by atoms with Crippen molar-refractivity contribution in [1.82, 2.24) is 5.06 Å². The van der Waals surface area contributed by atoms with Gasteiger partial charge < -0.3 is 4.84 Å². The molecular formula is C12H17NO3. The van der Waals surface area contributed by atoms with E-state index >= 15 is 0 Å². The van der Waals surface area contributed by atoms with Gasteiger partial charge in [0.05, 0.1) is 6.54 Å². The standard InChI is InChI=1S/C12H17NO3/c1-3-8-13(16-10(2)14)12(15)9-11-6-4-5-7-11/h3-4,6,11H,1,5,7-9H2,2H3. The summed E-state index contributed by atoms with van der Waals surface area (Å²) >= 11 is 0. The van der Waals surface area contributed by atoms with Crippen LogP contribution in [0.5, 0.6) is 0 Å². The van der Waals surface area contributed by atoms with Crippen LogP contribution in [-0.4, -0.2) is 23.5 Å². The van der Waals surface area contributed by atoms with Crippen LogP contribution in [0.15, 0.2) is 24.8 Å². The van der Waals surface area contributed by atoms with E-state index in [-0.39, 0.29) is 18.4 Å². The smallest absolute Gasteiger partial charge is 0.329 e. The molecule has 0 saturated carbocycles. The highest BCUT2D eigenvalue weighted by Gasteiger charge is 2.20. The number of hydroxylamine groups is 2. The van der Waals surface area contributed by atoms with E-state index in [9.17, 15) is 9.59 Å². The molecule has 0 aromatic carbocycles. The van der Waals surface area contributed by atoms with Crippen LogP contribution in [0.3, 0.4) is 0 Å². The molecule has 88 valence electrons. The monoisotopic (exact) mass is 223 g/mol. The summed E-state index contributed by atoms with van der Waals surface area (Å²) in [6, 6.07) is 0. The minimum Gasteiger partial charge on any atom is -0.338 e. The second-order valence-corrected chi connectivity index (χ2v) is 3.80. The number of carbonyl (C=O) groups is 2. The highest BCUT2D eigenvalue weighted by Crippen LogP contribution is 2.21. The zero-order chi connectivity index (χ0) is 12.0. The summed E-state index contributed by atoms with van der Waals surface area (Å²) in [6.07, 6.45) is 8.04. The predicted octanol–water partition coefficient (Wildman–Crippen LogP) is 1.84. The second-order valence-electron chi connectivity index (χ2n) is 3.80. The van der Waals surface area contributed by atoms with E-state index in [1.165, 1.54) is 13.0 Å². The second kappa shape index (κ2) is 6.10. The van der Waals surface area contributed by atoms with Gasteiger partial charge in [-0.1, -0.05) is 18.2 Å². The van der Waals surface area contributed by atoms with Crippen LogP contribution in [0.1, 0.15) is 26.2 Å². The van der Waals surface area contributed by atoms with Gasteiger partial charge in [-0.3, -0.25) is 9.59 Å². The summed E-state index contributed by atoms with van der Waals surface area (Å²) in [6.45, 7) is 5.03. The average Bonchev–Trinajstić information content (AvgIpc) is 2.69. The molecule has 0 spiro atoms. The van der Waals surface area contributed by atoms with Crippen LogP contribution in [0.2, 0.25) is 0 Å². The Labute approximate surface area is 95.5 Å². The van der Waals surface area contributed by atoms with Crippen molar-refractivity contribution < 1.29 is 14.4 Å². The first-order valence-corrected chi connectivity index (χ1v) is 5.40. The third-order valence-corrected chi connectivity index (χ3v) is 2.36. The summed E-state index contributed by atoms with van der Waals surface area (Å²) < 4.78 is 0. The molecule has 4 nitrogen and oxygen atoms in total. The first kappa shape index (κ1) is 12.5. The Morgan fingerprint density at radius 2 is 2.38 bits per heavy atom. The maximum absolute atomic E-state index is 11.8. The van der Waals surface area contributed by atoms with Crippen molar-refractivity contribution in [2.75, 3.05) is 6.54 Å².